The number of phenolic OH excluding ortho intramolecular Hbond substituents is 3. The van der Waals surface area contributed by atoms with Crippen LogP contribution in [0.2, 0.25) is 5.02 Å². The predicted molar refractivity (Wildman–Crippen MR) is 75.0 cm³/mol. The standard InChI is InChI=1S/C14H14ClNO3/c1-8-6-10(15)3-4-11(8)16-7-9-2-5-12(17)14(19)13(9)18/h2-6,16-19H,7H2,1H3. The second-order valence-corrected chi connectivity index (χ2v) is 4.69. The van der Waals surface area contributed by atoms with Crippen LogP contribution in [0.5, 0.6) is 17.2 Å². The van der Waals surface area contributed by atoms with Gasteiger partial charge in [0.2, 0.25) is 5.75 Å². The van der Waals surface area contributed by atoms with Crippen molar-refractivity contribution in [3.63, 3.8) is 0 Å². The molecule has 2 aromatic rings. The molecular weight excluding hydrogens is 266 g/mol. The molecular formula is C14H14ClNO3. The zero-order valence-electron chi connectivity index (χ0n) is 10.3. The average molecular weight is 280 g/mol. The largest absolute Gasteiger partial charge is 0.504 e. The number of aromatic hydroxyl groups is 3. The molecule has 0 aliphatic heterocycles. The number of hydrogen-bond donors (Lipinski definition) is 4. The van der Waals surface area contributed by atoms with Gasteiger partial charge in [0.15, 0.2) is 11.5 Å². The smallest absolute Gasteiger partial charge is 0.200 e. The van der Waals surface area contributed by atoms with Gasteiger partial charge in [-0.25, -0.2) is 0 Å². The SMILES string of the molecule is Cc1cc(Cl)ccc1NCc1ccc(O)c(O)c1O. The highest BCUT2D eigenvalue weighted by Gasteiger charge is 2.10. The molecule has 4 N–H and O–H groups in total. The number of aryl methyl sites for hydroxylation is 1. The molecule has 2 rings (SSSR count). The zero-order valence-corrected chi connectivity index (χ0v) is 11.1. The fourth-order valence-electron chi connectivity index (χ4n) is 1.77. The van der Waals surface area contributed by atoms with E-state index in [9.17, 15) is 15.3 Å². The minimum absolute atomic E-state index is 0.320. The second-order valence-electron chi connectivity index (χ2n) is 4.25. The second kappa shape index (κ2) is 5.28. The minimum atomic E-state index is -0.507. The minimum Gasteiger partial charge on any atom is -0.504 e. The molecule has 100 valence electrons. The van der Waals surface area contributed by atoms with Gasteiger partial charge < -0.3 is 20.6 Å². The Balaban J connectivity index is 2.17. The van der Waals surface area contributed by atoms with Gasteiger partial charge in [0.1, 0.15) is 0 Å². The van der Waals surface area contributed by atoms with Gasteiger partial charge in [0.25, 0.3) is 0 Å². The summed E-state index contributed by atoms with van der Waals surface area (Å²) in [6, 6.07) is 8.32. The first-order chi connectivity index (χ1) is 8.99. The van der Waals surface area contributed by atoms with Crippen LogP contribution in [0.25, 0.3) is 0 Å². The average Bonchev–Trinajstić information content (AvgIpc) is 2.37. The fraction of sp³-hybridized carbons (Fsp3) is 0.143. The van der Waals surface area contributed by atoms with E-state index in [2.05, 4.69) is 5.32 Å². The third-order valence-corrected chi connectivity index (χ3v) is 3.11. The molecule has 0 unspecified atom stereocenters. The van der Waals surface area contributed by atoms with Gasteiger partial charge >= 0.3 is 0 Å². The summed E-state index contributed by atoms with van der Waals surface area (Å²) in [6.45, 7) is 2.24. The molecule has 19 heavy (non-hydrogen) atoms. The molecule has 0 fully saturated rings. The first kappa shape index (κ1) is 13.4. The van der Waals surface area contributed by atoms with E-state index in [4.69, 9.17) is 11.6 Å². The van der Waals surface area contributed by atoms with Crippen molar-refractivity contribution in [2.45, 2.75) is 13.5 Å². The Hall–Kier alpha value is -2.07. The Morgan fingerprint density at radius 3 is 2.47 bits per heavy atom. The summed E-state index contributed by atoms with van der Waals surface area (Å²) >= 11 is 5.87. The quantitative estimate of drug-likeness (QED) is 0.650. The van der Waals surface area contributed by atoms with Gasteiger partial charge in [-0.1, -0.05) is 11.6 Å². The number of hydrogen-bond acceptors (Lipinski definition) is 4. The van der Waals surface area contributed by atoms with E-state index in [0.29, 0.717) is 17.1 Å². The molecule has 2 aromatic carbocycles. The van der Waals surface area contributed by atoms with Gasteiger partial charge in [-0.2, -0.15) is 0 Å². The van der Waals surface area contributed by atoms with Crippen molar-refractivity contribution in [2.24, 2.45) is 0 Å². The van der Waals surface area contributed by atoms with E-state index in [1.54, 1.807) is 12.1 Å². The summed E-state index contributed by atoms with van der Waals surface area (Å²) < 4.78 is 0. The molecule has 5 heteroatoms. The molecule has 0 spiro atoms. The Kier molecular flexibility index (Phi) is 3.71. The van der Waals surface area contributed by atoms with E-state index < -0.39 is 5.75 Å². The molecule has 0 atom stereocenters. The summed E-state index contributed by atoms with van der Waals surface area (Å²) in [5.74, 6) is -1.17. The molecule has 0 saturated heterocycles. The van der Waals surface area contributed by atoms with Gasteiger partial charge in [-0.05, 0) is 42.8 Å². The van der Waals surface area contributed by atoms with Crippen molar-refractivity contribution in [3.05, 3.63) is 46.5 Å². The van der Waals surface area contributed by atoms with Crippen molar-refractivity contribution >= 4 is 17.3 Å². The number of rotatable bonds is 3. The third kappa shape index (κ3) is 2.85. The van der Waals surface area contributed by atoms with Gasteiger partial charge in [-0.3, -0.25) is 0 Å². The van der Waals surface area contributed by atoms with Crippen LogP contribution in [0.4, 0.5) is 5.69 Å². The highest BCUT2D eigenvalue weighted by Crippen LogP contribution is 2.37. The first-order valence-corrected chi connectivity index (χ1v) is 6.09. The number of benzene rings is 2. The summed E-state index contributed by atoms with van der Waals surface area (Å²) in [6.07, 6.45) is 0. The molecule has 0 aliphatic carbocycles. The van der Waals surface area contributed by atoms with Crippen LogP contribution in [0.1, 0.15) is 11.1 Å². The first-order valence-electron chi connectivity index (χ1n) is 5.72. The Morgan fingerprint density at radius 2 is 1.79 bits per heavy atom. The van der Waals surface area contributed by atoms with Crippen molar-refractivity contribution in [1.82, 2.24) is 0 Å². The molecule has 0 aromatic heterocycles. The monoisotopic (exact) mass is 279 g/mol. The summed E-state index contributed by atoms with van der Waals surface area (Å²) in [5, 5.41) is 32.2. The lowest BCUT2D eigenvalue weighted by Gasteiger charge is -2.12. The van der Waals surface area contributed by atoms with Crippen molar-refractivity contribution in [2.75, 3.05) is 5.32 Å². The lowest BCUT2D eigenvalue weighted by Crippen LogP contribution is -2.01. The predicted octanol–water partition coefficient (Wildman–Crippen LogP) is 3.38. The van der Waals surface area contributed by atoms with Crippen LogP contribution in [0.15, 0.2) is 30.3 Å². The molecule has 0 saturated carbocycles. The maximum atomic E-state index is 9.70. The van der Waals surface area contributed by atoms with Gasteiger partial charge in [-0.15, -0.1) is 0 Å². The number of nitrogens with one attached hydrogen (secondary N) is 1. The highest BCUT2D eigenvalue weighted by atomic mass is 35.5. The topological polar surface area (TPSA) is 72.7 Å². The maximum Gasteiger partial charge on any atom is 0.200 e. The molecule has 0 bridgehead atoms. The van der Waals surface area contributed by atoms with Crippen LogP contribution < -0.4 is 5.32 Å². The fourth-order valence-corrected chi connectivity index (χ4v) is 2.00. The zero-order chi connectivity index (χ0) is 14.0. The molecule has 0 aliphatic rings. The van der Waals surface area contributed by atoms with E-state index in [1.807, 2.05) is 19.1 Å². The molecule has 0 heterocycles. The van der Waals surface area contributed by atoms with Gasteiger partial charge in [0.05, 0.1) is 0 Å². The summed E-state index contributed by atoms with van der Waals surface area (Å²) in [7, 11) is 0. The Labute approximate surface area is 115 Å². The van der Waals surface area contributed by atoms with E-state index in [0.717, 1.165) is 11.3 Å². The Morgan fingerprint density at radius 1 is 1.05 bits per heavy atom. The van der Waals surface area contributed by atoms with Crippen molar-refractivity contribution < 1.29 is 15.3 Å². The lowest BCUT2D eigenvalue weighted by molar-refractivity contribution is 0.365. The number of anilines is 1. The summed E-state index contributed by atoms with van der Waals surface area (Å²) in [5.41, 5.74) is 2.36. The molecule has 4 nitrogen and oxygen atoms in total. The Bertz CT molecular complexity index is 614. The van der Waals surface area contributed by atoms with Crippen molar-refractivity contribution in [3.8, 4) is 17.2 Å². The van der Waals surface area contributed by atoms with Crippen LogP contribution >= 0.6 is 11.6 Å². The third-order valence-electron chi connectivity index (χ3n) is 2.87. The van der Waals surface area contributed by atoms with E-state index >= 15 is 0 Å². The number of halogens is 1. The molecule has 0 radical (unpaired) electrons. The van der Waals surface area contributed by atoms with Crippen LogP contribution in [0, 0.1) is 6.92 Å². The van der Waals surface area contributed by atoms with Crippen LogP contribution in [-0.2, 0) is 6.54 Å². The van der Waals surface area contributed by atoms with E-state index in [1.165, 1.54) is 6.07 Å². The van der Waals surface area contributed by atoms with E-state index in [-0.39, 0.29) is 11.5 Å². The summed E-state index contributed by atoms with van der Waals surface area (Å²) in [4.78, 5) is 0. The van der Waals surface area contributed by atoms with Gasteiger partial charge in [0, 0.05) is 22.8 Å². The normalized spacial score (nSPS) is 10.4. The maximum absolute atomic E-state index is 9.70. The highest BCUT2D eigenvalue weighted by molar-refractivity contribution is 6.30. The molecule has 0 amide bonds. The lowest BCUT2D eigenvalue weighted by atomic mass is 10.1. The van der Waals surface area contributed by atoms with Crippen molar-refractivity contribution in [1.29, 1.82) is 0 Å². The van der Waals surface area contributed by atoms with Crippen LogP contribution in [0.3, 0.4) is 0 Å². The van der Waals surface area contributed by atoms with Crippen LogP contribution in [-0.4, -0.2) is 15.3 Å². The number of phenols is 3.